The van der Waals surface area contributed by atoms with Crippen molar-refractivity contribution in [3.8, 4) is 0 Å². The normalized spacial score (nSPS) is 21.7. The number of amidine groups is 1. The molecule has 2 N–H and O–H groups in total. The van der Waals surface area contributed by atoms with Crippen LogP contribution in [0.4, 0.5) is 5.69 Å². The van der Waals surface area contributed by atoms with Crippen molar-refractivity contribution in [3.63, 3.8) is 0 Å². The van der Waals surface area contributed by atoms with Gasteiger partial charge in [0.1, 0.15) is 5.25 Å². The zero-order valence-corrected chi connectivity index (χ0v) is 17.0. The molecule has 1 aromatic carbocycles. The summed E-state index contributed by atoms with van der Waals surface area (Å²) in [5.41, 5.74) is 1.54. The molecule has 2 aliphatic rings. The monoisotopic (exact) mass is 426 g/mol. The van der Waals surface area contributed by atoms with E-state index in [1.54, 1.807) is 18.2 Å². The van der Waals surface area contributed by atoms with E-state index in [2.05, 4.69) is 20.8 Å². The summed E-state index contributed by atoms with van der Waals surface area (Å²) in [5.74, 6) is -0.541. The predicted octanol–water partition coefficient (Wildman–Crippen LogP) is 4.62. The van der Waals surface area contributed by atoms with Gasteiger partial charge in [-0.25, -0.2) is 0 Å². The molecular formula is C18H20Cl2N4O2S. The van der Waals surface area contributed by atoms with E-state index in [0.717, 1.165) is 31.4 Å². The fraction of sp³-hybridized carbons (Fsp3) is 0.444. The summed E-state index contributed by atoms with van der Waals surface area (Å²) >= 11 is 13.1. The Bertz CT molecular complexity index is 788. The third kappa shape index (κ3) is 5.96. The lowest BCUT2D eigenvalue weighted by Gasteiger charge is -2.09. The fourth-order valence-corrected chi connectivity index (χ4v) is 4.27. The van der Waals surface area contributed by atoms with Crippen molar-refractivity contribution in [1.82, 2.24) is 5.32 Å². The first-order valence-corrected chi connectivity index (χ1v) is 10.5. The minimum Gasteiger partial charge on any atom is -0.325 e. The van der Waals surface area contributed by atoms with E-state index in [9.17, 15) is 9.59 Å². The van der Waals surface area contributed by atoms with E-state index < -0.39 is 5.25 Å². The zero-order chi connectivity index (χ0) is 19.2. The Morgan fingerprint density at radius 1 is 1.19 bits per heavy atom. The number of benzene rings is 1. The molecule has 9 heteroatoms. The Morgan fingerprint density at radius 3 is 2.63 bits per heavy atom. The Labute approximate surface area is 172 Å². The minimum atomic E-state index is -0.538. The highest BCUT2D eigenvalue weighted by Crippen LogP contribution is 2.27. The third-order valence-electron chi connectivity index (χ3n) is 4.32. The van der Waals surface area contributed by atoms with Gasteiger partial charge in [-0.15, -0.1) is 5.10 Å². The van der Waals surface area contributed by atoms with Crippen molar-refractivity contribution in [3.05, 3.63) is 28.2 Å². The predicted molar refractivity (Wildman–Crippen MR) is 112 cm³/mol. The van der Waals surface area contributed by atoms with E-state index in [-0.39, 0.29) is 18.2 Å². The van der Waals surface area contributed by atoms with Crippen LogP contribution in [-0.2, 0) is 9.59 Å². The number of thioether (sulfide) groups is 1. The molecule has 1 aromatic rings. The lowest BCUT2D eigenvalue weighted by molar-refractivity contribution is -0.122. The van der Waals surface area contributed by atoms with Crippen LogP contribution in [0.1, 0.15) is 44.9 Å². The van der Waals surface area contributed by atoms with Gasteiger partial charge in [0.15, 0.2) is 5.17 Å². The van der Waals surface area contributed by atoms with E-state index in [4.69, 9.17) is 23.2 Å². The molecule has 3 rings (SSSR count). The van der Waals surface area contributed by atoms with Crippen LogP contribution in [0.25, 0.3) is 0 Å². The number of nitrogens with zero attached hydrogens (tertiary/aromatic N) is 2. The summed E-state index contributed by atoms with van der Waals surface area (Å²) in [6.45, 7) is 0. The highest BCUT2D eigenvalue weighted by atomic mass is 35.5. The molecule has 6 nitrogen and oxygen atoms in total. The van der Waals surface area contributed by atoms with E-state index in [1.807, 2.05) is 0 Å². The summed E-state index contributed by atoms with van der Waals surface area (Å²) in [7, 11) is 0. The average Bonchev–Trinajstić information content (AvgIpc) is 2.82. The number of rotatable bonds is 4. The number of carbonyl (C=O) groups excluding carboxylic acids is 2. The quantitative estimate of drug-likeness (QED) is 0.543. The molecule has 0 unspecified atom stereocenters. The van der Waals surface area contributed by atoms with Crippen LogP contribution in [0.5, 0.6) is 0 Å². The molecule has 2 fully saturated rings. The van der Waals surface area contributed by atoms with Crippen molar-refractivity contribution < 1.29 is 9.59 Å². The number of carbonyl (C=O) groups is 2. The Balaban J connectivity index is 1.56. The van der Waals surface area contributed by atoms with Crippen LogP contribution in [0, 0.1) is 0 Å². The lowest BCUT2D eigenvalue weighted by atomic mass is 10.2. The number of hydrogen-bond donors (Lipinski definition) is 2. The summed E-state index contributed by atoms with van der Waals surface area (Å²) in [6, 6.07) is 4.81. The minimum absolute atomic E-state index is 0.0189. The molecule has 0 bridgehead atoms. The Kier molecular flexibility index (Phi) is 7.15. The highest BCUT2D eigenvalue weighted by molar-refractivity contribution is 8.15. The summed E-state index contributed by atoms with van der Waals surface area (Å²) in [5, 5.41) is 14.6. The Hall–Kier alpha value is -1.57. The molecule has 27 heavy (non-hydrogen) atoms. The molecular weight excluding hydrogens is 407 g/mol. The third-order valence-corrected chi connectivity index (χ3v) is 5.94. The molecule has 1 saturated heterocycles. The van der Waals surface area contributed by atoms with Crippen LogP contribution in [-0.4, -0.2) is 27.9 Å². The van der Waals surface area contributed by atoms with Crippen LogP contribution in [0.2, 0.25) is 10.0 Å². The van der Waals surface area contributed by atoms with Gasteiger partial charge in [-0.05, 0) is 43.9 Å². The van der Waals surface area contributed by atoms with Gasteiger partial charge in [0.05, 0.1) is 10.7 Å². The molecule has 1 atom stereocenters. The van der Waals surface area contributed by atoms with Gasteiger partial charge in [-0.1, -0.05) is 47.8 Å². The molecule has 2 amide bonds. The molecule has 1 heterocycles. The van der Waals surface area contributed by atoms with Crippen LogP contribution >= 0.6 is 35.0 Å². The van der Waals surface area contributed by atoms with Crippen molar-refractivity contribution in [1.29, 1.82) is 0 Å². The van der Waals surface area contributed by atoms with Gasteiger partial charge in [-0.3, -0.25) is 9.59 Å². The molecule has 1 aliphatic heterocycles. The lowest BCUT2D eigenvalue weighted by Crippen LogP contribution is -2.28. The molecule has 0 spiro atoms. The summed E-state index contributed by atoms with van der Waals surface area (Å²) < 4.78 is 0. The second kappa shape index (κ2) is 9.57. The first-order valence-electron chi connectivity index (χ1n) is 8.87. The maximum Gasteiger partial charge on any atom is 0.240 e. The SMILES string of the molecule is O=C(C[C@H]1S/C(=N/N=C2CCCCCC2)NC1=O)Nc1ccc(Cl)cc1Cl. The first-order chi connectivity index (χ1) is 13.0. The molecule has 0 aromatic heterocycles. The van der Waals surface area contributed by atoms with Crippen molar-refractivity contribution in [2.75, 3.05) is 5.32 Å². The van der Waals surface area contributed by atoms with E-state index >= 15 is 0 Å². The average molecular weight is 427 g/mol. The maximum absolute atomic E-state index is 12.2. The molecule has 144 valence electrons. The van der Waals surface area contributed by atoms with Gasteiger partial charge < -0.3 is 10.6 Å². The first kappa shape index (κ1) is 20.2. The highest BCUT2D eigenvalue weighted by Gasteiger charge is 2.32. The van der Waals surface area contributed by atoms with E-state index in [0.29, 0.717) is 20.9 Å². The standard InChI is InChI=1S/C18H20Cl2N4O2S/c19-11-7-8-14(13(20)9-11)21-16(25)10-15-17(26)22-18(27-15)24-23-12-5-3-1-2-4-6-12/h7-9,15H,1-6,10H2,(H,21,25)(H,22,24,26)/t15-/m1/s1. The van der Waals surface area contributed by atoms with Crippen LogP contribution in [0.3, 0.4) is 0 Å². The topological polar surface area (TPSA) is 82.9 Å². The maximum atomic E-state index is 12.2. The largest absolute Gasteiger partial charge is 0.325 e. The number of nitrogens with one attached hydrogen (secondary N) is 2. The van der Waals surface area contributed by atoms with Gasteiger partial charge in [-0.2, -0.15) is 5.10 Å². The van der Waals surface area contributed by atoms with Gasteiger partial charge in [0, 0.05) is 17.2 Å². The number of amides is 2. The van der Waals surface area contributed by atoms with Crippen LogP contribution < -0.4 is 10.6 Å². The number of halogens is 2. The summed E-state index contributed by atoms with van der Waals surface area (Å²) in [6.07, 6.45) is 6.68. The van der Waals surface area contributed by atoms with E-state index in [1.165, 1.54) is 24.6 Å². The smallest absolute Gasteiger partial charge is 0.240 e. The number of hydrogen-bond acceptors (Lipinski definition) is 5. The second-order valence-corrected chi connectivity index (χ2v) is 8.49. The molecule has 0 radical (unpaired) electrons. The van der Waals surface area contributed by atoms with Gasteiger partial charge >= 0.3 is 0 Å². The summed E-state index contributed by atoms with van der Waals surface area (Å²) in [4.78, 5) is 24.3. The molecule has 1 saturated carbocycles. The number of anilines is 1. The molecule has 1 aliphatic carbocycles. The van der Waals surface area contributed by atoms with Crippen molar-refractivity contribution in [2.45, 2.75) is 50.2 Å². The zero-order valence-electron chi connectivity index (χ0n) is 14.6. The van der Waals surface area contributed by atoms with Crippen LogP contribution in [0.15, 0.2) is 28.4 Å². The van der Waals surface area contributed by atoms with Gasteiger partial charge in [0.2, 0.25) is 11.8 Å². The fourth-order valence-electron chi connectivity index (χ4n) is 2.90. The van der Waals surface area contributed by atoms with Crippen molar-refractivity contribution in [2.24, 2.45) is 10.2 Å². The second-order valence-electron chi connectivity index (χ2n) is 6.46. The van der Waals surface area contributed by atoms with Gasteiger partial charge in [0.25, 0.3) is 0 Å². The Morgan fingerprint density at radius 2 is 1.93 bits per heavy atom. The van der Waals surface area contributed by atoms with Crippen molar-refractivity contribution >= 4 is 63.3 Å².